The first-order chi connectivity index (χ1) is 14.5. The van der Waals surface area contributed by atoms with Gasteiger partial charge in [0.2, 0.25) is 5.91 Å². The number of carbonyl (C=O) groups is 2. The maximum atomic E-state index is 12.8. The molecule has 4 heterocycles. The van der Waals surface area contributed by atoms with Gasteiger partial charge in [-0.05, 0) is 50.6 Å². The van der Waals surface area contributed by atoms with Crippen molar-refractivity contribution in [2.45, 2.75) is 46.1 Å². The van der Waals surface area contributed by atoms with Crippen LogP contribution in [-0.2, 0) is 20.9 Å². The lowest BCUT2D eigenvalue weighted by Crippen LogP contribution is -2.42. The predicted octanol–water partition coefficient (Wildman–Crippen LogP) is 2.60. The number of aromatic nitrogens is 3. The largest absolute Gasteiger partial charge is 0.466 e. The second-order valence-electron chi connectivity index (χ2n) is 7.65. The Kier molecular flexibility index (Phi) is 5.90. The van der Waals surface area contributed by atoms with Crippen molar-refractivity contribution in [2.75, 3.05) is 19.7 Å². The average molecular weight is 431 g/mol. The van der Waals surface area contributed by atoms with E-state index in [4.69, 9.17) is 4.74 Å². The van der Waals surface area contributed by atoms with Gasteiger partial charge in [-0.2, -0.15) is 5.10 Å². The molecule has 1 amide bonds. The molecule has 160 valence electrons. The fourth-order valence-electron chi connectivity index (χ4n) is 4.17. The van der Waals surface area contributed by atoms with Gasteiger partial charge in [0.25, 0.3) is 5.56 Å². The minimum absolute atomic E-state index is 0.0121. The predicted molar refractivity (Wildman–Crippen MR) is 115 cm³/mol. The number of esters is 1. The monoisotopic (exact) mass is 430 g/mol. The zero-order valence-corrected chi connectivity index (χ0v) is 18.1. The maximum Gasteiger partial charge on any atom is 0.310 e. The highest BCUT2D eigenvalue weighted by Gasteiger charge is 2.29. The van der Waals surface area contributed by atoms with Gasteiger partial charge in [-0.15, -0.1) is 11.3 Å². The molecular weight excluding hydrogens is 404 g/mol. The standard InChI is InChI=1S/C21H26N4O4S/c1-3-29-21(28)15-6-4-9-23(13-15)19(26)7-5-10-24-20(27)17-12-18-16(8-11-30-18)25(17)14(2)22-24/h8,11-12,15H,3-7,9-10,13H2,1-2H3/t15-/m0/s1. The van der Waals surface area contributed by atoms with Crippen LogP contribution in [0.4, 0.5) is 0 Å². The summed E-state index contributed by atoms with van der Waals surface area (Å²) in [4.78, 5) is 39.2. The van der Waals surface area contributed by atoms with Crippen molar-refractivity contribution < 1.29 is 14.3 Å². The number of amides is 1. The summed E-state index contributed by atoms with van der Waals surface area (Å²) in [6, 6.07) is 3.90. The summed E-state index contributed by atoms with van der Waals surface area (Å²) in [5.74, 6) is 0.303. The van der Waals surface area contributed by atoms with Gasteiger partial charge in [0.15, 0.2) is 0 Å². The molecule has 1 saturated heterocycles. The average Bonchev–Trinajstić information content (AvgIpc) is 3.33. The fourth-order valence-corrected chi connectivity index (χ4v) is 4.98. The number of carbonyl (C=O) groups excluding carboxylic acids is 2. The first-order valence-electron chi connectivity index (χ1n) is 10.4. The molecule has 0 radical (unpaired) electrons. The van der Waals surface area contributed by atoms with E-state index in [9.17, 15) is 14.4 Å². The molecule has 30 heavy (non-hydrogen) atoms. The van der Waals surface area contributed by atoms with E-state index < -0.39 is 0 Å². The smallest absolute Gasteiger partial charge is 0.310 e. The Labute approximate surface area is 178 Å². The molecule has 0 bridgehead atoms. The molecule has 0 saturated carbocycles. The molecule has 0 unspecified atom stereocenters. The summed E-state index contributed by atoms with van der Waals surface area (Å²) >= 11 is 1.60. The second-order valence-corrected chi connectivity index (χ2v) is 8.59. The molecule has 0 N–H and O–H groups in total. The van der Waals surface area contributed by atoms with Crippen LogP contribution in [0.2, 0.25) is 0 Å². The Morgan fingerprint density at radius 3 is 2.97 bits per heavy atom. The van der Waals surface area contributed by atoms with E-state index in [0.29, 0.717) is 44.6 Å². The molecule has 1 fully saturated rings. The molecule has 3 aromatic heterocycles. The highest BCUT2D eigenvalue weighted by atomic mass is 32.1. The van der Waals surface area contributed by atoms with Crippen LogP contribution in [-0.4, -0.2) is 50.7 Å². The number of nitrogens with zero attached hydrogens (tertiary/aromatic N) is 4. The number of thiophene rings is 1. The van der Waals surface area contributed by atoms with Crippen LogP contribution >= 0.6 is 11.3 Å². The molecule has 3 aromatic rings. The highest BCUT2D eigenvalue weighted by molar-refractivity contribution is 7.17. The SMILES string of the molecule is CCOC(=O)[C@H]1CCCN(C(=O)CCCn2nc(C)n3c(cc4sccc43)c2=O)C1. The maximum absolute atomic E-state index is 12.8. The lowest BCUT2D eigenvalue weighted by Gasteiger charge is -2.31. The van der Waals surface area contributed by atoms with E-state index in [2.05, 4.69) is 5.10 Å². The molecule has 0 aromatic carbocycles. The summed E-state index contributed by atoms with van der Waals surface area (Å²) in [7, 11) is 0. The van der Waals surface area contributed by atoms with Crippen LogP contribution in [0, 0.1) is 12.8 Å². The lowest BCUT2D eigenvalue weighted by atomic mass is 9.98. The van der Waals surface area contributed by atoms with Crippen molar-refractivity contribution in [3.63, 3.8) is 0 Å². The molecule has 1 aliphatic rings. The van der Waals surface area contributed by atoms with Crippen molar-refractivity contribution in [3.05, 3.63) is 33.7 Å². The van der Waals surface area contributed by atoms with E-state index in [0.717, 1.165) is 28.9 Å². The van der Waals surface area contributed by atoms with Crippen LogP contribution in [0.5, 0.6) is 0 Å². The third-order valence-corrected chi connectivity index (χ3v) is 6.47. The molecule has 8 nitrogen and oxygen atoms in total. The summed E-state index contributed by atoms with van der Waals surface area (Å²) in [5.41, 5.74) is 1.47. The van der Waals surface area contributed by atoms with Gasteiger partial charge in [0.05, 0.1) is 22.7 Å². The number of hydrogen-bond donors (Lipinski definition) is 0. The van der Waals surface area contributed by atoms with E-state index in [1.807, 2.05) is 28.8 Å². The molecule has 0 spiro atoms. The van der Waals surface area contributed by atoms with Gasteiger partial charge in [-0.1, -0.05) is 0 Å². The van der Waals surface area contributed by atoms with Crippen LogP contribution in [0.3, 0.4) is 0 Å². The van der Waals surface area contributed by atoms with Crippen molar-refractivity contribution in [3.8, 4) is 0 Å². The zero-order chi connectivity index (χ0) is 21.3. The summed E-state index contributed by atoms with van der Waals surface area (Å²) in [6.07, 6.45) is 2.41. The number of aryl methyl sites for hydroxylation is 2. The molecular formula is C21H26N4O4S. The molecule has 0 aliphatic carbocycles. The molecule has 1 aliphatic heterocycles. The van der Waals surface area contributed by atoms with Crippen LogP contribution in [0.15, 0.2) is 22.3 Å². The van der Waals surface area contributed by atoms with E-state index in [1.165, 1.54) is 4.68 Å². The number of fused-ring (bicyclic) bond motifs is 3. The van der Waals surface area contributed by atoms with Gasteiger partial charge >= 0.3 is 5.97 Å². The zero-order valence-electron chi connectivity index (χ0n) is 17.3. The van der Waals surface area contributed by atoms with Gasteiger partial charge in [0.1, 0.15) is 11.3 Å². The third kappa shape index (κ3) is 3.86. The van der Waals surface area contributed by atoms with E-state index >= 15 is 0 Å². The van der Waals surface area contributed by atoms with Crippen LogP contribution < -0.4 is 5.56 Å². The van der Waals surface area contributed by atoms with Gasteiger partial charge in [-0.25, -0.2) is 4.68 Å². The second kappa shape index (κ2) is 8.59. The number of hydrogen-bond acceptors (Lipinski definition) is 6. The van der Waals surface area contributed by atoms with Crippen molar-refractivity contribution in [1.82, 2.24) is 19.1 Å². The minimum Gasteiger partial charge on any atom is -0.466 e. The summed E-state index contributed by atoms with van der Waals surface area (Å²) < 4.78 is 9.51. The Balaban J connectivity index is 1.40. The normalized spacial score (nSPS) is 17.0. The van der Waals surface area contributed by atoms with Crippen molar-refractivity contribution in [2.24, 2.45) is 5.92 Å². The quantitative estimate of drug-likeness (QED) is 0.561. The third-order valence-electron chi connectivity index (χ3n) is 5.62. The fraction of sp³-hybridized carbons (Fsp3) is 0.524. The Hall–Kier alpha value is -2.68. The van der Waals surface area contributed by atoms with Gasteiger partial charge < -0.3 is 9.64 Å². The summed E-state index contributed by atoms with van der Waals surface area (Å²) in [5, 5.41) is 6.45. The van der Waals surface area contributed by atoms with Crippen molar-refractivity contribution >= 4 is 38.9 Å². The first kappa shape index (κ1) is 20.6. The molecule has 9 heteroatoms. The molecule has 1 atom stereocenters. The number of rotatable bonds is 6. The number of ether oxygens (including phenoxy) is 1. The highest BCUT2D eigenvalue weighted by Crippen LogP contribution is 2.24. The topological polar surface area (TPSA) is 85.9 Å². The lowest BCUT2D eigenvalue weighted by molar-refractivity contribution is -0.151. The summed E-state index contributed by atoms with van der Waals surface area (Å²) in [6.45, 7) is 5.50. The van der Waals surface area contributed by atoms with Gasteiger partial charge in [-0.3, -0.25) is 18.8 Å². The van der Waals surface area contributed by atoms with E-state index in [-0.39, 0.29) is 23.4 Å². The Morgan fingerprint density at radius 2 is 2.17 bits per heavy atom. The van der Waals surface area contributed by atoms with Crippen LogP contribution in [0.1, 0.15) is 38.4 Å². The van der Waals surface area contributed by atoms with E-state index in [1.54, 1.807) is 23.2 Å². The number of likely N-dealkylation sites (tertiary alicyclic amines) is 1. The Bertz CT molecular complexity index is 1150. The first-order valence-corrected chi connectivity index (χ1v) is 11.3. The Morgan fingerprint density at radius 1 is 1.33 bits per heavy atom. The van der Waals surface area contributed by atoms with Gasteiger partial charge in [0, 0.05) is 26.1 Å². The molecule has 4 rings (SSSR count). The number of piperidine rings is 1. The van der Waals surface area contributed by atoms with Crippen LogP contribution in [0.25, 0.3) is 15.7 Å². The minimum atomic E-state index is -0.236. The van der Waals surface area contributed by atoms with Crippen molar-refractivity contribution in [1.29, 1.82) is 0 Å².